The number of halogens is 4. The molecule has 1 heterocycles. The molecule has 5 N–H and O–H groups in total. The predicted octanol–water partition coefficient (Wildman–Crippen LogP) is 6.26. The molecule has 0 bridgehead atoms. The number of aromatic hydroxyl groups is 3. The first-order chi connectivity index (χ1) is 15.6. The van der Waals surface area contributed by atoms with Gasteiger partial charge in [0.15, 0.2) is 17.1 Å². The summed E-state index contributed by atoms with van der Waals surface area (Å²) in [5.41, 5.74) is 2.05. The molecule has 1 aliphatic heterocycles. The molecule has 0 saturated heterocycles. The van der Waals surface area contributed by atoms with Crippen molar-refractivity contribution >= 4 is 74.7 Å². The first kappa shape index (κ1) is 27.6. The Kier molecular flexibility index (Phi) is 9.37. The fourth-order valence-electron chi connectivity index (χ4n) is 3.27. The summed E-state index contributed by atoms with van der Waals surface area (Å²) in [7, 11) is 2.00. The average molecular weight is 714 g/mol. The molecule has 0 radical (unpaired) electrons. The van der Waals surface area contributed by atoms with Crippen molar-refractivity contribution in [3.05, 3.63) is 57.9 Å². The molecule has 0 fully saturated rings. The molecule has 176 valence electrons. The molecule has 2 aromatic carbocycles. The molecule has 2 aromatic rings. The van der Waals surface area contributed by atoms with Crippen molar-refractivity contribution in [2.45, 2.75) is 6.92 Å². The van der Waals surface area contributed by atoms with Crippen LogP contribution in [0.2, 0.25) is 0 Å². The first-order valence-corrected chi connectivity index (χ1v) is 12.2. The van der Waals surface area contributed by atoms with Gasteiger partial charge in [0.05, 0.1) is 0 Å². The van der Waals surface area contributed by atoms with E-state index < -0.39 is 16.9 Å². The highest BCUT2D eigenvalue weighted by Crippen LogP contribution is 2.52. The molecule has 2 aliphatic rings. The quantitative estimate of drug-likeness (QED) is 0.0682. The van der Waals surface area contributed by atoms with Crippen molar-refractivity contribution in [3.8, 4) is 39.7 Å². The fourth-order valence-corrected chi connectivity index (χ4v) is 5.78. The topological polar surface area (TPSA) is 131 Å². The minimum Gasteiger partial charge on any atom is -0.504 e. The summed E-state index contributed by atoms with van der Waals surface area (Å²) in [6.07, 6.45) is 0. The number of benzene rings is 3. The lowest BCUT2D eigenvalue weighted by Crippen LogP contribution is -2.03. The molecular weight excluding hydrogens is 696 g/mol. The number of fused-ring (bicyclic) bond motifs is 2. The lowest BCUT2D eigenvalue weighted by Gasteiger charge is -2.21. The smallest absolute Gasteiger partial charge is 0.224 e. The SMILES string of the molecule is CO.CO.Cc1c(Br)c(Br)c(Br)c(Br)c1-c1c2ccc(=O)c(O)c-2oc2c(O)c(O)ccc12. The predicted molar refractivity (Wildman–Crippen MR) is 141 cm³/mol. The van der Waals surface area contributed by atoms with Gasteiger partial charge in [-0.3, -0.25) is 4.79 Å². The van der Waals surface area contributed by atoms with Gasteiger partial charge in [-0.2, -0.15) is 0 Å². The average Bonchev–Trinajstić information content (AvgIpc) is 2.84. The Bertz CT molecular complexity index is 1340. The molecule has 0 atom stereocenters. The van der Waals surface area contributed by atoms with Crippen LogP contribution in [-0.4, -0.2) is 39.8 Å². The Morgan fingerprint density at radius 2 is 1.30 bits per heavy atom. The van der Waals surface area contributed by atoms with Crippen molar-refractivity contribution in [2.75, 3.05) is 14.2 Å². The monoisotopic (exact) mass is 710 g/mol. The minimum atomic E-state index is -0.611. The van der Waals surface area contributed by atoms with E-state index in [0.29, 0.717) is 16.5 Å². The minimum absolute atomic E-state index is 0.0464. The van der Waals surface area contributed by atoms with E-state index in [4.69, 9.17) is 14.6 Å². The number of aliphatic hydroxyl groups excluding tert-OH is 2. The molecule has 0 spiro atoms. The molecule has 0 saturated carbocycles. The molecular formula is C22H18Br4O7. The van der Waals surface area contributed by atoms with Crippen LogP contribution in [0.15, 0.2) is 51.4 Å². The summed E-state index contributed by atoms with van der Waals surface area (Å²) >= 11 is 14.3. The molecule has 33 heavy (non-hydrogen) atoms. The Balaban J connectivity index is 0.000000914. The molecule has 0 amide bonds. The molecule has 4 rings (SSSR count). The van der Waals surface area contributed by atoms with Crippen LogP contribution in [-0.2, 0) is 0 Å². The van der Waals surface area contributed by atoms with E-state index in [0.717, 1.165) is 43.2 Å². The van der Waals surface area contributed by atoms with Crippen LogP contribution in [0.25, 0.3) is 33.4 Å². The lowest BCUT2D eigenvalue weighted by atomic mass is 9.90. The fraction of sp³-hybridized carbons (Fsp3) is 0.136. The van der Waals surface area contributed by atoms with Gasteiger partial charge in [-0.05, 0) is 100 Å². The van der Waals surface area contributed by atoms with Gasteiger partial charge in [0.25, 0.3) is 0 Å². The third-order valence-corrected chi connectivity index (χ3v) is 9.67. The molecule has 0 unspecified atom stereocenters. The molecule has 11 heteroatoms. The van der Waals surface area contributed by atoms with Gasteiger partial charge in [0.1, 0.15) is 0 Å². The second-order valence-electron chi connectivity index (χ2n) is 6.33. The van der Waals surface area contributed by atoms with Gasteiger partial charge in [0, 0.05) is 54.2 Å². The van der Waals surface area contributed by atoms with Crippen molar-refractivity contribution in [1.82, 2.24) is 0 Å². The van der Waals surface area contributed by atoms with Crippen molar-refractivity contribution in [3.63, 3.8) is 0 Å². The third kappa shape index (κ3) is 4.67. The summed E-state index contributed by atoms with van der Waals surface area (Å²) in [6.45, 7) is 1.91. The second kappa shape index (κ2) is 11.2. The van der Waals surface area contributed by atoms with Crippen LogP contribution in [0, 0.1) is 6.92 Å². The van der Waals surface area contributed by atoms with Gasteiger partial charge in [-0.1, -0.05) is 0 Å². The van der Waals surface area contributed by atoms with E-state index in [-0.39, 0.29) is 17.1 Å². The number of aliphatic hydroxyl groups is 2. The van der Waals surface area contributed by atoms with Gasteiger partial charge >= 0.3 is 0 Å². The maximum Gasteiger partial charge on any atom is 0.224 e. The van der Waals surface area contributed by atoms with Gasteiger partial charge in [0.2, 0.25) is 16.9 Å². The van der Waals surface area contributed by atoms with Crippen molar-refractivity contribution < 1.29 is 29.9 Å². The maximum absolute atomic E-state index is 12.0. The van der Waals surface area contributed by atoms with E-state index in [9.17, 15) is 20.1 Å². The molecule has 0 aromatic heterocycles. The third-order valence-electron chi connectivity index (χ3n) is 4.70. The highest BCUT2D eigenvalue weighted by atomic mass is 79.9. The number of rotatable bonds is 1. The summed E-state index contributed by atoms with van der Waals surface area (Å²) < 4.78 is 8.77. The molecule has 1 aliphatic carbocycles. The Morgan fingerprint density at radius 1 is 0.727 bits per heavy atom. The lowest BCUT2D eigenvalue weighted by molar-refractivity contribution is 0.398. The summed E-state index contributed by atoms with van der Waals surface area (Å²) in [5, 5.41) is 45.2. The zero-order chi connectivity index (χ0) is 25.2. The Morgan fingerprint density at radius 3 is 1.91 bits per heavy atom. The number of hydrogen-bond acceptors (Lipinski definition) is 7. The number of hydrogen-bond donors (Lipinski definition) is 5. The normalized spacial score (nSPS) is 10.5. The maximum atomic E-state index is 12.0. The van der Waals surface area contributed by atoms with Gasteiger partial charge in [-0.15, -0.1) is 0 Å². The van der Waals surface area contributed by atoms with E-state index in [1.54, 1.807) is 12.1 Å². The summed E-state index contributed by atoms with van der Waals surface area (Å²) in [5.74, 6) is -1.51. The molecule has 7 nitrogen and oxygen atoms in total. The van der Waals surface area contributed by atoms with E-state index in [1.165, 1.54) is 12.1 Å². The van der Waals surface area contributed by atoms with E-state index >= 15 is 0 Å². The zero-order valence-corrected chi connectivity index (χ0v) is 23.7. The van der Waals surface area contributed by atoms with E-state index in [2.05, 4.69) is 63.7 Å². The van der Waals surface area contributed by atoms with Crippen LogP contribution in [0.1, 0.15) is 5.56 Å². The standard InChI is InChI=1S/C20H10Br4O5.2CH4O/c1-6-11(14(22)16(24)15(23)13(6)21)12-7-2-4-9(25)17(27)19(7)29-20-8(12)3-5-10(26)18(20)28;2*1-2/h2-5,25,27-28H,1H3;2*2H,1H3. The summed E-state index contributed by atoms with van der Waals surface area (Å²) in [4.78, 5) is 12.0. The second-order valence-corrected chi connectivity index (χ2v) is 9.50. The highest BCUT2D eigenvalue weighted by Gasteiger charge is 2.28. The van der Waals surface area contributed by atoms with Crippen LogP contribution in [0.3, 0.4) is 0 Å². The Hall–Kier alpha value is -1.63. The number of phenolic OH excluding ortho intramolecular Hbond substituents is 3. The van der Waals surface area contributed by atoms with E-state index in [1.807, 2.05) is 6.92 Å². The van der Waals surface area contributed by atoms with Crippen LogP contribution in [0.5, 0.6) is 17.2 Å². The summed E-state index contributed by atoms with van der Waals surface area (Å²) in [6, 6.07) is 5.79. The zero-order valence-electron chi connectivity index (χ0n) is 17.4. The van der Waals surface area contributed by atoms with Gasteiger partial charge < -0.3 is 29.9 Å². The van der Waals surface area contributed by atoms with Crippen molar-refractivity contribution in [1.29, 1.82) is 0 Å². The largest absolute Gasteiger partial charge is 0.504 e. The van der Waals surface area contributed by atoms with Crippen LogP contribution in [0.4, 0.5) is 0 Å². The number of phenols is 3. The van der Waals surface area contributed by atoms with Crippen LogP contribution < -0.4 is 5.43 Å². The van der Waals surface area contributed by atoms with Gasteiger partial charge in [-0.25, -0.2) is 0 Å². The van der Waals surface area contributed by atoms with Crippen LogP contribution >= 0.6 is 63.7 Å². The first-order valence-electron chi connectivity index (χ1n) is 9.00. The van der Waals surface area contributed by atoms with Crippen molar-refractivity contribution in [2.24, 2.45) is 0 Å². The highest BCUT2D eigenvalue weighted by molar-refractivity contribution is 9.15. The Labute approximate surface area is 222 Å².